The van der Waals surface area contributed by atoms with E-state index in [0.29, 0.717) is 12.4 Å². The zero-order chi connectivity index (χ0) is 13.7. The van der Waals surface area contributed by atoms with Gasteiger partial charge in [-0.3, -0.25) is 0 Å². The van der Waals surface area contributed by atoms with E-state index in [1.54, 1.807) is 12.3 Å². The molecule has 1 atom stereocenters. The van der Waals surface area contributed by atoms with Gasteiger partial charge in [-0.1, -0.05) is 0 Å². The number of esters is 1. The first-order chi connectivity index (χ1) is 9.20. The van der Waals surface area contributed by atoms with Crippen LogP contribution in [0.25, 0.3) is 0 Å². The summed E-state index contributed by atoms with van der Waals surface area (Å²) in [5.74, 6) is 0.199. The van der Waals surface area contributed by atoms with Gasteiger partial charge in [-0.05, 0) is 6.07 Å². The summed E-state index contributed by atoms with van der Waals surface area (Å²) in [6.07, 6.45) is 1.67. The van der Waals surface area contributed by atoms with Crippen LogP contribution in [0.5, 0.6) is 0 Å². The summed E-state index contributed by atoms with van der Waals surface area (Å²) in [6, 6.07) is 1.75. The Balaban J connectivity index is 2.01. The van der Waals surface area contributed by atoms with Gasteiger partial charge in [0, 0.05) is 32.9 Å². The van der Waals surface area contributed by atoms with E-state index in [1.165, 1.54) is 7.11 Å². The Hall–Kier alpha value is -1.73. The van der Waals surface area contributed by atoms with Crippen molar-refractivity contribution in [2.75, 3.05) is 45.3 Å². The lowest BCUT2D eigenvalue weighted by Crippen LogP contribution is -2.44. The predicted molar refractivity (Wildman–Crippen MR) is 69.3 cm³/mol. The Morgan fingerprint density at radius 3 is 3.21 bits per heavy atom. The van der Waals surface area contributed by atoms with Gasteiger partial charge in [0.2, 0.25) is 5.82 Å². The molecule has 0 spiro atoms. The number of hydrogen-bond donors (Lipinski definition) is 1. The molecule has 0 radical (unpaired) electrons. The van der Waals surface area contributed by atoms with Gasteiger partial charge in [-0.25, -0.2) is 14.8 Å². The number of rotatable bonds is 4. The van der Waals surface area contributed by atoms with Crippen LogP contribution in [0.3, 0.4) is 0 Å². The van der Waals surface area contributed by atoms with Crippen molar-refractivity contribution in [2.24, 2.45) is 0 Å². The Morgan fingerprint density at radius 2 is 2.53 bits per heavy atom. The summed E-state index contributed by atoms with van der Waals surface area (Å²) >= 11 is 0. The van der Waals surface area contributed by atoms with Gasteiger partial charge in [-0.2, -0.15) is 0 Å². The van der Waals surface area contributed by atoms with Crippen LogP contribution in [0.1, 0.15) is 10.6 Å². The molecule has 0 bridgehead atoms. The van der Waals surface area contributed by atoms with Crippen molar-refractivity contribution >= 4 is 11.8 Å². The number of carbonyl (C=O) groups excluding carboxylic acids is 1. The smallest absolute Gasteiger partial charge is 0.376 e. The largest absolute Gasteiger partial charge is 0.463 e. The van der Waals surface area contributed by atoms with E-state index in [-0.39, 0.29) is 11.9 Å². The number of carbonyl (C=O) groups is 1. The fourth-order valence-corrected chi connectivity index (χ4v) is 1.89. The second-order valence-corrected chi connectivity index (χ2v) is 4.31. The van der Waals surface area contributed by atoms with Crippen LogP contribution in [0.2, 0.25) is 0 Å². The van der Waals surface area contributed by atoms with Gasteiger partial charge in [0.05, 0.1) is 19.8 Å². The Labute approximate surface area is 111 Å². The van der Waals surface area contributed by atoms with Gasteiger partial charge in [0.15, 0.2) is 0 Å². The summed E-state index contributed by atoms with van der Waals surface area (Å²) in [5, 5.41) is 3.27. The highest BCUT2D eigenvalue weighted by atomic mass is 16.5. The highest BCUT2D eigenvalue weighted by molar-refractivity contribution is 5.85. The highest BCUT2D eigenvalue weighted by Crippen LogP contribution is 2.10. The molecule has 2 rings (SSSR count). The molecule has 1 aromatic rings. The van der Waals surface area contributed by atoms with E-state index in [9.17, 15) is 4.79 Å². The van der Waals surface area contributed by atoms with Crippen molar-refractivity contribution < 1.29 is 14.3 Å². The van der Waals surface area contributed by atoms with Gasteiger partial charge in [0.25, 0.3) is 0 Å². The highest BCUT2D eigenvalue weighted by Gasteiger charge is 2.17. The first-order valence-electron chi connectivity index (χ1n) is 6.15. The number of morpholine rings is 1. The quantitative estimate of drug-likeness (QED) is 0.749. The molecule has 1 aliphatic heterocycles. The van der Waals surface area contributed by atoms with Crippen molar-refractivity contribution in [1.82, 2.24) is 15.3 Å². The maximum Gasteiger partial charge on any atom is 0.376 e. The van der Waals surface area contributed by atoms with E-state index in [0.717, 1.165) is 19.7 Å². The van der Waals surface area contributed by atoms with Crippen LogP contribution in [0.4, 0.5) is 5.82 Å². The number of hydrogen-bond acceptors (Lipinski definition) is 7. The van der Waals surface area contributed by atoms with Crippen molar-refractivity contribution in [3.05, 3.63) is 18.1 Å². The molecule has 1 N–H and O–H groups in total. The minimum Gasteiger partial charge on any atom is -0.463 e. The second-order valence-electron chi connectivity index (χ2n) is 4.31. The SMILES string of the molecule is COC(=O)c1nccc(N(C)CC2CNCCO2)n1. The molecule has 1 aliphatic rings. The van der Waals surface area contributed by atoms with Crippen molar-refractivity contribution in [3.63, 3.8) is 0 Å². The molecule has 7 nitrogen and oxygen atoms in total. The molecule has 104 valence electrons. The van der Waals surface area contributed by atoms with Gasteiger partial charge in [-0.15, -0.1) is 0 Å². The van der Waals surface area contributed by atoms with Crippen LogP contribution in [0, 0.1) is 0 Å². The first-order valence-corrected chi connectivity index (χ1v) is 6.15. The van der Waals surface area contributed by atoms with Crippen LogP contribution < -0.4 is 10.2 Å². The Morgan fingerprint density at radius 1 is 1.68 bits per heavy atom. The fraction of sp³-hybridized carbons (Fsp3) is 0.583. The van der Waals surface area contributed by atoms with Crippen molar-refractivity contribution in [1.29, 1.82) is 0 Å². The normalized spacial score (nSPS) is 18.9. The molecule has 1 fully saturated rings. The minimum absolute atomic E-state index is 0.0644. The lowest BCUT2D eigenvalue weighted by atomic mass is 10.3. The minimum atomic E-state index is -0.536. The average Bonchev–Trinajstić information content (AvgIpc) is 2.47. The number of aromatic nitrogens is 2. The number of methoxy groups -OCH3 is 1. The summed E-state index contributed by atoms with van der Waals surface area (Å²) in [4.78, 5) is 21.4. The molecule has 0 amide bonds. The molecule has 0 aromatic carbocycles. The van der Waals surface area contributed by atoms with Crippen LogP contribution >= 0.6 is 0 Å². The van der Waals surface area contributed by atoms with E-state index >= 15 is 0 Å². The molecular formula is C12H18N4O3. The van der Waals surface area contributed by atoms with E-state index < -0.39 is 5.97 Å². The first kappa shape index (κ1) is 13.7. The molecule has 2 heterocycles. The lowest BCUT2D eigenvalue weighted by molar-refractivity contribution is 0.0339. The third-order valence-corrected chi connectivity index (χ3v) is 2.88. The molecule has 19 heavy (non-hydrogen) atoms. The molecule has 1 unspecified atom stereocenters. The van der Waals surface area contributed by atoms with Crippen molar-refractivity contribution in [3.8, 4) is 0 Å². The zero-order valence-corrected chi connectivity index (χ0v) is 11.1. The standard InChI is InChI=1S/C12H18N4O3/c1-16(8-9-7-13-5-6-19-9)10-3-4-14-11(15-10)12(17)18-2/h3-4,9,13H,5-8H2,1-2H3. The number of anilines is 1. The van der Waals surface area contributed by atoms with E-state index in [2.05, 4.69) is 20.0 Å². The molecule has 0 saturated carbocycles. The van der Waals surface area contributed by atoms with Gasteiger partial charge >= 0.3 is 5.97 Å². The molecule has 7 heteroatoms. The lowest BCUT2D eigenvalue weighted by Gasteiger charge is -2.28. The molecular weight excluding hydrogens is 248 g/mol. The third-order valence-electron chi connectivity index (χ3n) is 2.88. The Bertz CT molecular complexity index is 435. The van der Waals surface area contributed by atoms with Gasteiger partial charge in [0.1, 0.15) is 5.82 Å². The monoisotopic (exact) mass is 266 g/mol. The second kappa shape index (κ2) is 6.44. The fourth-order valence-electron chi connectivity index (χ4n) is 1.89. The van der Waals surface area contributed by atoms with Crippen LogP contribution in [-0.2, 0) is 9.47 Å². The summed E-state index contributed by atoms with van der Waals surface area (Å²) in [6.45, 7) is 3.12. The maximum absolute atomic E-state index is 11.4. The van der Waals surface area contributed by atoms with Crippen LogP contribution in [-0.4, -0.2) is 62.4 Å². The zero-order valence-electron chi connectivity index (χ0n) is 11.1. The average molecular weight is 266 g/mol. The number of nitrogens with one attached hydrogen (secondary N) is 1. The Kier molecular flexibility index (Phi) is 4.64. The van der Waals surface area contributed by atoms with E-state index in [1.807, 2.05) is 11.9 Å². The summed E-state index contributed by atoms with van der Waals surface area (Å²) < 4.78 is 10.2. The summed E-state index contributed by atoms with van der Waals surface area (Å²) in [5.41, 5.74) is 0. The molecule has 0 aliphatic carbocycles. The maximum atomic E-state index is 11.4. The number of nitrogens with zero attached hydrogens (tertiary/aromatic N) is 3. The topological polar surface area (TPSA) is 76.6 Å². The predicted octanol–water partition coefficient (Wildman–Crippen LogP) is -0.312. The van der Waals surface area contributed by atoms with Gasteiger partial charge < -0.3 is 19.7 Å². The molecule has 1 aromatic heterocycles. The number of likely N-dealkylation sites (N-methyl/N-ethyl adjacent to an activating group) is 1. The van der Waals surface area contributed by atoms with Crippen LogP contribution in [0.15, 0.2) is 12.3 Å². The number of ether oxygens (including phenoxy) is 2. The molecule has 1 saturated heterocycles. The summed E-state index contributed by atoms with van der Waals surface area (Å²) in [7, 11) is 3.21. The van der Waals surface area contributed by atoms with E-state index in [4.69, 9.17) is 4.74 Å². The third kappa shape index (κ3) is 3.62. The van der Waals surface area contributed by atoms with Crippen molar-refractivity contribution in [2.45, 2.75) is 6.10 Å².